The number of likely N-dealkylation sites (N-methyl/N-ethyl adjacent to an activating group) is 1. The molecule has 22 heavy (non-hydrogen) atoms. The second-order valence-corrected chi connectivity index (χ2v) is 7.41. The summed E-state index contributed by atoms with van der Waals surface area (Å²) in [6, 6.07) is 9.18. The number of hydrogen-bond acceptors (Lipinski definition) is 2. The monoisotopic (exact) mass is 302 g/mol. The van der Waals surface area contributed by atoms with Gasteiger partial charge in [-0.25, -0.2) is 0 Å². The van der Waals surface area contributed by atoms with Crippen LogP contribution in [0.3, 0.4) is 0 Å². The second kappa shape index (κ2) is 7.28. The first-order valence-corrected chi connectivity index (χ1v) is 8.44. The molecule has 0 aromatic heterocycles. The minimum Gasteiger partial charge on any atom is -0.341 e. The molecular weight excluding hydrogens is 272 g/mol. The van der Waals surface area contributed by atoms with Crippen LogP contribution in [-0.2, 0) is 16.6 Å². The molecule has 122 valence electrons. The van der Waals surface area contributed by atoms with Crippen molar-refractivity contribution >= 4 is 5.91 Å². The number of nitrogens with one attached hydrogen (secondary N) is 1. The van der Waals surface area contributed by atoms with Gasteiger partial charge < -0.3 is 10.2 Å². The molecule has 0 spiro atoms. The Kier molecular flexibility index (Phi) is 5.63. The maximum Gasteiger partial charge on any atom is 0.222 e. The minimum absolute atomic E-state index is 0.185. The minimum atomic E-state index is 0.185. The average Bonchev–Trinajstić information content (AvgIpc) is 2.52. The van der Waals surface area contributed by atoms with Gasteiger partial charge in [0.2, 0.25) is 5.91 Å². The van der Waals surface area contributed by atoms with Crippen LogP contribution in [0.1, 0.15) is 51.2 Å². The molecule has 1 atom stereocenters. The van der Waals surface area contributed by atoms with Crippen LogP contribution in [0.2, 0.25) is 0 Å². The lowest BCUT2D eigenvalue weighted by Gasteiger charge is -2.32. The van der Waals surface area contributed by atoms with Crippen LogP contribution in [0.25, 0.3) is 0 Å². The van der Waals surface area contributed by atoms with Gasteiger partial charge in [-0.1, -0.05) is 45.0 Å². The molecule has 2 rings (SSSR count). The number of piperidine rings is 1. The summed E-state index contributed by atoms with van der Waals surface area (Å²) in [5.41, 5.74) is 2.78. The molecule has 0 aliphatic carbocycles. The van der Waals surface area contributed by atoms with Gasteiger partial charge in [0.1, 0.15) is 0 Å². The standard InChI is InChI=1S/C19H30N2O/c1-19(2,3)16-10-7-15(8-11-16)9-12-18(22)21-13-5-6-17(14-21)20-4/h7-8,10-11,17,20H,5-6,9,12-14H2,1-4H3. The highest BCUT2D eigenvalue weighted by Crippen LogP contribution is 2.22. The highest BCUT2D eigenvalue weighted by Gasteiger charge is 2.22. The fourth-order valence-electron chi connectivity index (χ4n) is 3.02. The van der Waals surface area contributed by atoms with Crippen LogP contribution in [0.4, 0.5) is 0 Å². The summed E-state index contributed by atoms with van der Waals surface area (Å²) in [5.74, 6) is 0.292. The summed E-state index contributed by atoms with van der Waals surface area (Å²) in [4.78, 5) is 14.4. The molecule has 1 heterocycles. The lowest BCUT2D eigenvalue weighted by molar-refractivity contribution is -0.132. The molecule has 3 nitrogen and oxygen atoms in total. The Bertz CT molecular complexity index is 487. The molecule has 0 saturated carbocycles. The van der Waals surface area contributed by atoms with Crippen molar-refractivity contribution < 1.29 is 4.79 Å². The summed E-state index contributed by atoms with van der Waals surface area (Å²) in [7, 11) is 1.98. The third-order valence-electron chi connectivity index (χ3n) is 4.63. The number of likely N-dealkylation sites (tertiary alicyclic amines) is 1. The zero-order valence-electron chi connectivity index (χ0n) is 14.5. The van der Waals surface area contributed by atoms with Gasteiger partial charge in [0.15, 0.2) is 0 Å². The van der Waals surface area contributed by atoms with E-state index in [0.717, 1.165) is 25.9 Å². The fourth-order valence-corrected chi connectivity index (χ4v) is 3.02. The van der Waals surface area contributed by atoms with Crippen molar-refractivity contribution in [2.75, 3.05) is 20.1 Å². The quantitative estimate of drug-likeness (QED) is 0.927. The average molecular weight is 302 g/mol. The van der Waals surface area contributed by atoms with E-state index in [1.807, 2.05) is 11.9 Å². The Morgan fingerprint density at radius 1 is 1.27 bits per heavy atom. The second-order valence-electron chi connectivity index (χ2n) is 7.41. The van der Waals surface area contributed by atoms with E-state index in [2.05, 4.69) is 50.4 Å². The molecule has 1 N–H and O–H groups in total. The SMILES string of the molecule is CNC1CCCN(C(=O)CCc2ccc(C(C)(C)C)cc2)C1. The van der Waals surface area contributed by atoms with Gasteiger partial charge in [-0.05, 0) is 42.9 Å². The van der Waals surface area contributed by atoms with Gasteiger partial charge >= 0.3 is 0 Å². The lowest BCUT2D eigenvalue weighted by Crippen LogP contribution is -2.47. The van der Waals surface area contributed by atoms with Gasteiger partial charge in [-0.15, -0.1) is 0 Å². The summed E-state index contributed by atoms with van der Waals surface area (Å²) in [6.45, 7) is 8.44. The van der Waals surface area contributed by atoms with E-state index < -0.39 is 0 Å². The molecule has 1 aromatic carbocycles. The molecule has 1 aliphatic heterocycles. The molecule has 0 bridgehead atoms. The Hall–Kier alpha value is -1.35. The molecule has 3 heteroatoms. The maximum absolute atomic E-state index is 12.4. The highest BCUT2D eigenvalue weighted by molar-refractivity contribution is 5.76. The molecular formula is C19H30N2O. The number of nitrogens with zero attached hydrogens (tertiary/aromatic N) is 1. The first-order valence-electron chi connectivity index (χ1n) is 8.44. The fraction of sp³-hybridized carbons (Fsp3) is 0.632. The van der Waals surface area contributed by atoms with Crippen molar-refractivity contribution in [1.82, 2.24) is 10.2 Å². The van der Waals surface area contributed by atoms with E-state index >= 15 is 0 Å². The van der Waals surface area contributed by atoms with Crippen LogP contribution in [0.5, 0.6) is 0 Å². The van der Waals surface area contributed by atoms with Gasteiger partial charge in [0.25, 0.3) is 0 Å². The Morgan fingerprint density at radius 3 is 2.55 bits per heavy atom. The molecule has 1 fully saturated rings. The number of aryl methyl sites for hydroxylation is 1. The van der Waals surface area contributed by atoms with E-state index in [-0.39, 0.29) is 5.41 Å². The molecule has 1 aromatic rings. The van der Waals surface area contributed by atoms with E-state index in [0.29, 0.717) is 18.4 Å². The van der Waals surface area contributed by atoms with Crippen LogP contribution in [0, 0.1) is 0 Å². The normalized spacial score (nSPS) is 19.3. The van der Waals surface area contributed by atoms with Crippen molar-refractivity contribution in [3.05, 3.63) is 35.4 Å². The smallest absolute Gasteiger partial charge is 0.222 e. The Morgan fingerprint density at radius 2 is 1.95 bits per heavy atom. The first-order chi connectivity index (χ1) is 10.4. The van der Waals surface area contributed by atoms with E-state index in [4.69, 9.17) is 0 Å². The van der Waals surface area contributed by atoms with E-state index in [1.54, 1.807) is 0 Å². The number of benzene rings is 1. The third kappa shape index (κ3) is 4.57. The molecule has 0 radical (unpaired) electrons. The highest BCUT2D eigenvalue weighted by atomic mass is 16.2. The van der Waals surface area contributed by atoms with Crippen LogP contribution in [0.15, 0.2) is 24.3 Å². The topological polar surface area (TPSA) is 32.3 Å². The van der Waals surface area contributed by atoms with Crippen LogP contribution in [-0.4, -0.2) is 37.0 Å². The van der Waals surface area contributed by atoms with Crippen molar-refractivity contribution in [2.45, 2.75) is 57.9 Å². The van der Waals surface area contributed by atoms with Gasteiger partial charge in [0.05, 0.1) is 0 Å². The van der Waals surface area contributed by atoms with E-state index in [1.165, 1.54) is 17.5 Å². The molecule has 1 amide bonds. The van der Waals surface area contributed by atoms with Gasteiger partial charge in [0, 0.05) is 25.6 Å². The predicted octanol–water partition coefficient (Wildman–Crippen LogP) is 3.13. The number of rotatable bonds is 4. The third-order valence-corrected chi connectivity index (χ3v) is 4.63. The van der Waals surface area contributed by atoms with E-state index in [9.17, 15) is 4.79 Å². The van der Waals surface area contributed by atoms with Gasteiger partial charge in [-0.3, -0.25) is 4.79 Å². The van der Waals surface area contributed by atoms with Crippen molar-refractivity contribution in [2.24, 2.45) is 0 Å². The van der Waals surface area contributed by atoms with Crippen LogP contribution < -0.4 is 5.32 Å². The number of amides is 1. The van der Waals surface area contributed by atoms with Crippen molar-refractivity contribution in [3.63, 3.8) is 0 Å². The van der Waals surface area contributed by atoms with Crippen LogP contribution >= 0.6 is 0 Å². The molecule has 1 unspecified atom stereocenters. The Balaban J connectivity index is 1.86. The summed E-state index contributed by atoms with van der Waals surface area (Å²) >= 11 is 0. The summed E-state index contributed by atoms with van der Waals surface area (Å²) in [6.07, 6.45) is 3.74. The molecule has 1 saturated heterocycles. The van der Waals surface area contributed by atoms with Crippen molar-refractivity contribution in [1.29, 1.82) is 0 Å². The number of carbonyl (C=O) groups excluding carboxylic acids is 1. The summed E-state index contributed by atoms with van der Waals surface area (Å²) in [5, 5.41) is 3.29. The van der Waals surface area contributed by atoms with Crippen molar-refractivity contribution in [3.8, 4) is 0 Å². The zero-order valence-corrected chi connectivity index (χ0v) is 14.5. The number of carbonyl (C=O) groups is 1. The van der Waals surface area contributed by atoms with Gasteiger partial charge in [-0.2, -0.15) is 0 Å². The Labute approximate surface area is 135 Å². The maximum atomic E-state index is 12.4. The first kappa shape index (κ1) is 17.0. The number of hydrogen-bond donors (Lipinski definition) is 1. The summed E-state index contributed by atoms with van der Waals surface area (Å²) < 4.78 is 0. The largest absolute Gasteiger partial charge is 0.341 e. The molecule has 1 aliphatic rings. The zero-order chi connectivity index (χ0) is 16.2. The lowest BCUT2D eigenvalue weighted by atomic mass is 9.86. The predicted molar refractivity (Wildman–Crippen MR) is 92.1 cm³/mol.